The van der Waals surface area contributed by atoms with Crippen LogP contribution in [0.1, 0.15) is 15.9 Å². The Balaban J connectivity index is 1.45. The van der Waals surface area contributed by atoms with Gasteiger partial charge in [-0.05, 0) is 42.0 Å². The van der Waals surface area contributed by atoms with Gasteiger partial charge in [-0.25, -0.2) is 0 Å². The third-order valence-corrected chi connectivity index (χ3v) is 4.80. The fourth-order valence-corrected chi connectivity index (χ4v) is 3.09. The predicted octanol–water partition coefficient (Wildman–Crippen LogP) is 3.03. The van der Waals surface area contributed by atoms with E-state index >= 15 is 0 Å². The van der Waals surface area contributed by atoms with Crippen LogP contribution in [-0.2, 0) is 11.2 Å². The Bertz CT molecular complexity index is 1120. The molecule has 0 spiro atoms. The van der Waals surface area contributed by atoms with Crippen molar-refractivity contribution in [2.24, 2.45) is 0 Å². The summed E-state index contributed by atoms with van der Waals surface area (Å²) >= 11 is 5.10. The molecule has 0 saturated heterocycles. The molecule has 0 bridgehead atoms. The molecule has 3 N–H and O–H groups in total. The number of methoxy groups -OCH3 is 1. The molecule has 0 atom stereocenters. The maximum absolute atomic E-state index is 12.7. The predicted molar refractivity (Wildman–Crippen MR) is 132 cm³/mol. The zero-order chi connectivity index (χ0) is 24.2. The number of thiocarbonyl (C=S) groups is 1. The molecule has 0 aliphatic rings. The number of ether oxygens (including phenoxy) is 3. The summed E-state index contributed by atoms with van der Waals surface area (Å²) in [4.78, 5) is 24.7. The Morgan fingerprint density at radius 1 is 0.794 bits per heavy atom. The molecule has 0 radical (unpaired) electrons. The van der Waals surface area contributed by atoms with Crippen LogP contribution in [0, 0.1) is 0 Å². The molecule has 0 saturated carbocycles. The number of nitrogens with one attached hydrogen (secondary N) is 3. The highest BCUT2D eigenvalue weighted by Crippen LogP contribution is 2.25. The molecule has 3 aromatic rings. The third-order valence-electron chi connectivity index (χ3n) is 4.59. The number of rotatable bonds is 9. The molecule has 176 valence electrons. The first kappa shape index (κ1) is 24.5. The van der Waals surface area contributed by atoms with Gasteiger partial charge in [0, 0.05) is 6.42 Å². The summed E-state index contributed by atoms with van der Waals surface area (Å²) in [6, 6.07) is 23.7. The van der Waals surface area contributed by atoms with E-state index in [1.807, 2.05) is 30.3 Å². The second-order valence-corrected chi connectivity index (χ2v) is 7.38. The normalized spacial score (nSPS) is 10.0. The molecule has 0 unspecified atom stereocenters. The first-order chi connectivity index (χ1) is 16.6. The number of hydrazine groups is 1. The average Bonchev–Trinajstić information content (AvgIpc) is 2.87. The van der Waals surface area contributed by atoms with E-state index in [4.69, 9.17) is 26.4 Å². The number of amides is 2. The van der Waals surface area contributed by atoms with Gasteiger partial charge in [0.15, 0.2) is 23.2 Å². The van der Waals surface area contributed by atoms with Crippen LogP contribution in [-0.4, -0.2) is 37.3 Å². The van der Waals surface area contributed by atoms with Crippen molar-refractivity contribution in [3.8, 4) is 17.2 Å². The molecular weight excluding hydrogens is 454 g/mol. The maximum Gasteiger partial charge on any atom is 0.276 e. The summed E-state index contributed by atoms with van der Waals surface area (Å²) in [5.74, 6) is 0.419. The number of hydrogen-bond acceptors (Lipinski definition) is 6. The average molecular weight is 480 g/mol. The lowest BCUT2D eigenvalue weighted by Crippen LogP contribution is -2.49. The van der Waals surface area contributed by atoms with Gasteiger partial charge >= 0.3 is 0 Å². The minimum Gasteiger partial charge on any atom is -0.493 e. The van der Waals surface area contributed by atoms with Gasteiger partial charge in [0.1, 0.15) is 5.75 Å². The van der Waals surface area contributed by atoms with Crippen molar-refractivity contribution in [1.82, 2.24) is 16.2 Å². The van der Waals surface area contributed by atoms with Crippen molar-refractivity contribution in [2.45, 2.75) is 6.42 Å². The van der Waals surface area contributed by atoms with Crippen LogP contribution in [0.3, 0.4) is 0 Å². The van der Waals surface area contributed by atoms with Crippen molar-refractivity contribution in [1.29, 1.82) is 0 Å². The molecule has 0 aliphatic carbocycles. The first-order valence-electron chi connectivity index (χ1n) is 10.5. The molecule has 0 fully saturated rings. The highest BCUT2D eigenvalue weighted by atomic mass is 32.1. The van der Waals surface area contributed by atoms with Crippen molar-refractivity contribution < 1.29 is 23.8 Å². The monoisotopic (exact) mass is 479 g/mol. The van der Waals surface area contributed by atoms with E-state index in [-0.39, 0.29) is 11.7 Å². The van der Waals surface area contributed by atoms with Crippen LogP contribution in [0.5, 0.6) is 17.2 Å². The molecule has 34 heavy (non-hydrogen) atoms. The molecule has 0 heterocycles. The van der Waals surface area contributed by atoms with Crippen LogP contribution < -0.4 is 30.4 Å². The summed E-state index contributed by atoms with van der Waals surface area (Å²) in [7, 11) is 1.51. The summed E-state index contributed by atoms with van der Waals surface area (Å²) in [6.07, 6.45) is 0.708. The van der Waals surface area contributed by atoms with E-state index < -0.39 is 11.8 Å². The lowest BCUT2D eigenvalue weighted by Gasteiger charge is -2.14. The standard InChI is InChI=1S/C25H25N3O5S/c1-31-21-13-7-8-14-22(21)33-17-23(29)27-28-25(34)26-24(30)19-11-5-6-12-20(19)32-16-15-18-9-3-2-4-10-18/h2-14H,15-17H2,1H3,(H,27,29)(H2,26,28,30,34). The highest BCUT2D eigenvalue weighted by molar-refractivity contribution is 7.80. The molecular formula is C25H25N3O5S. The Kier molecular flexibility index (Phi) is 9.24. The van der Waals surface area contributed by atoms with Gasteiger partial charge in [0.05, 0.1) is 19.3 Å². The van der Waals surface area contributed by atoms with Gasteiger partial charge in [0.2, 0.25) is 0 Å². The Morgan fingerprint density at radius 2 is 1.44 bits per heavy atom. The zero-order valence-corrected chi connectivity index (χ0v) is 19.4. The van der Waals surface area contributed by atoms with Gasteiger partial charge in [-0.15, -0.1) is 0 Å². The van der Waals surface area contributed by atoms with E-state index in [0.29, 0.717) is 35.8 Å². The van der Waals surface area contributed by atoms with Gasteiger partial charge in [-0.2, -0.15) is 0 Å². The van der Waals surface area contributed by atoms with Gasteiger partial charge in [-0.3, -0.25) is 25.8 Å². The third kappa shape index (κ3) is 7.49. The summed E-state index contributed by atoms with van der Waals surface area (Å²) in [6.45, 7) is 0.140. The van der Waals surface area contributed by atoms with E-state index in [1.165, 1.54) is 7.11 Å². The molecule has 8 nitrogen and oxygen atoms in total. The Labute approximate surface area is 203 Å². The SMILES string of the molecule is COc1ccccc1OCC(=O)NNC(=S)NC(=O)c1ccccc1OCCc1ccccc1. The Morgan fingerprint density at radius 3 is 2.18 bits per heavy atom. The zero-order valence-electron chi connectivity index (χ0n) is 18.6. The van der Waals surface area contributed by atoms with Crippen LogP contribution in [0.25, 0.3) is 0 Å². The second kappa shape index (κ2) is 12.8. The fourth-order valence-electron chi connectivity index (χ4n) is 2.95. The number of para-hydroxylation sites is 3. The minimum atomic E-state index is -0.493. The van der Waals surface area contributed by atoms with Crippen LogP contribution in [0.2, 0.25) is 0 Å². The second-order valence-electron chi connectivity index (χ2n) is 6.98. The van der Waals surface area contributed by atoms with E-state index in [9.17, 15) is 9.59 Å². The fraction of sp³-hybridized carbons (Fsp3) is 0.160. The highest BCUT2D eigenvalue weighted by Gasteiger charge is 2.14. The molecule has 3 aromatic carbocycles. The molecule has 9 heteroatoms. The van der Waals surface area contributed by atoms with Gasteiger partial charge < -0.3 is 14.2 Å². The summed E-state index contributed by atoms with van der Waals surface area (Å²) < 4.78 is 16.4. The summed E-state index contributed by atoms with van der Waals surface area (Å²) in [5.41, 5.74) is 6.32. The summed E-state index contributed by atoms with van der Waals surface area (Å²) in [5, 5.41) is 2.44. The van der Waals surface area contributed by atoms with E-state index in [2.05, 4.69) is 16.2 Å². The maximum atomic E-state index is 12.7. The van der Waals surface area contributed by atoms with Crippen LogP contribution in [0.15, 0.2) is 78.9 Å². The van der Waals surface area contributed by atoms with Crippen molar-refractivity contribution in [2.75, 3.05) is 20.3 Å². The lowest BCUT2D eigenvalue weighted by molar-refractivity contribution is -0.123. The molecule has 0 aliphatic heterocycles. The van der Waals surface area contributed by atoms with Crippen LogP contribution in [0.4, 0.5) is 0 Å². The number of benzene rings is 3. The topological polar surface area (TPSA) is 97.9 Å². The molecule has 2 amide bonds. The first-order valence-corrected chi connectivity index (χ1v) is 10.9. The van der Waals surface area contributed by atoms with Crippen molar-refractivity contribution >= 4 is 29.1 Å². The largest absolute Gasteiger partial charge is 0.493 e. The number of carbonyl (C=O) groups excluding carboxylic acids is 2. The van der Waals surface area contributed by atoms with Crippen molar-refractivity contribution in [3.05, 3.63) is 90.0 Å². The number of carbonyl (C=O) groups is 2. The Hall–Kier alpha value is -4.11. The molecule has 3 rings (SSSR count). The number of hydrogen-bond donors (Lipinski definition) is 3. The molecule has 0 aromatic heterocycles. The van der Waals surface area contributed by atoms with Crippen LogP contribution >= 0.6 is 12.2 Å². The smallest absolute Gasteiger partial charge is 0.276 e. The lowest BCUT2D eigenvalue weighted by atomic mass is 10.1. The minimum absolute atomic E-state index is 0.0743. The van der Waals surface area contributed by atoms with E-state index in [1.54, 1.807) is 48.5 Å². The van der Waals surface area contributed by atoms with Gasteiger partial charge in [-0.1, -0.05) is 54.6 Å². The van der Waals surface area contributed by atoms with Crippen molar-refractivity contribution in [3.63, 3.8) is 0 Å². The quantitative estimate of drug-likeness (QED) is 0.321. The van der Waals surface area contributed by atoms with Gasteiger partial charge in [0.25, 0.3) is 11.8 Å². The van der Waals surface area contributed by atoms with E-state index in [0.717, 1.165) is 5.56 Å².